The minimum atomic E-state index is 0.588. The number of fused-ring (bicyclic) bond motifs is 1. The predicted molar refractivity (Wildman–Crippen MR) is 65.7 cm³/mol. The van der Waals surface area contributed by atoms with Crippen molar-refractivity contribution in [2.24, 2.45) is 5.92 Å². The Labute approximate surface area is 99.8 Å². The van der Waals surface area contributed by atoms with E-state index in [-0.39, 0.29) is 0 Å². The first-order chi connectivity index (χ1) is 7.28. The van der Waals surface area contributed by atoms with Crippen LogP contribution in [0.2, 0.25) is 4.34 Å². The first kappa shape index (κ1) is 10.1. The molecule has 1 aromatic heterocycles. The Morgan fingerprint density at radius 2 is 2.47 bits per heavy atom. The van der Waals surface area contributed by atoms with Gasteiger partial charge in [-0.25, -0.2) is 0 Å². The predicted octanol–water partition coefficient (Wildman–Crippen LogP) is 3.78. The molecule has 1 heterocycles. The van der Waals surface area contributed by atoms with Crippen LogP contribution in [0.15, 0.2) is 6.07 Å². The molecule has 0 radical (unpaired) electrons. The van der Waals surface area contributed by atoms with Crippen LogP contribution >= 0.6 is 22.9 Å². The maximum absolute atomic E-state index is 6.04. The van der Waals surface area contributed by atoms with E-state index in [1.807, 2.05) is 0 Å². The van der Waals surface area contributed by atoms with Gasteiger partial charge < -0.3 is 5.32 Å². The Bertz CT molecular complexity index is 374. The molecule has 82 valence electrons. The van der Waals surface area contributed by atoms with Crippen molar-refractivity contribution >= 4 is 22.9 Å². The zero-order chi connectivity index (χ0) is 10.4. The molecule has 15 heavy (non-hydrogen) atoms. The van der Waals surface area contributed by atoms with Crippen LogP contribution in [0.4, 0.5) is 0 Å². The maximum atomic E-state index is 6.04. The second-order valence-electron chi connectivity index (χ2n) is 4.70. The number of thiophene rings is 1. The highest BCUT2D eigenvalue weighted by molar-refractivity contribution is 7.16. The van der Waals surface area contributed by atoms with Crippen LogP contribution in [-0.4, -0.2) is 6.04 Å². The van der Waals surface area contributed by atoms with Crippen LogP contribution in [0.1, 0.15) is 42.7 Å². The third-order valence-corrected chi connectivity index (χ3v) is 5.05. The lowest BCUT2D eigenvalue weighted by Gasteiger charge is -2.12. The average molecular weight is 242 g/mol. The van der Waals surface area contributed by atoms with E-state index >= 15 is 0 Å². The van der Waals surface area contributed by atoms with Gasteiger partial charge in [0.05, 0.1) is 4.34 Å². The second kappa shape index (κ2) is 3.76. The normalized spacial score (nSPS) is 33.1. The number of rotatable bonds is 3. The van der Waals surface area contributed by atoms with E-state index in [0.717, 1.165) is 16.3 Å². The summed E-state index contributed by atoms with van der Waals surface area (Å²) in [5.41, 5.74) is 1.48. The molecule has 0 aromatic carbocycles. The molecule has 0 aliphatic heterocycles. The van der Waals surface area contributed by atoms with Gasteiger partial charge in [0.2, 0.25) is 0 Å². The summed E-state index contributed by atoms with van der Waals surface area (Å²) in [5, 5.41) is 3.77. The summed E-state index contributed by atoms with van der Waals surface area (Å²) in [5.74, 6) is 0.933. The van der Waals surface area contributed by atoms with E-state index in [2.05, 4.69) is 18.3 Å². The Balaban J connectivity index is 1.69. The Morgan fingerprint density at radius 1 is 1.60 bits per heavy atom. The molecule has 1 fully saturated rings. The van der Waals surface area contributed by atoms with Crippen LogP contribution in [-0.2, 0) is 6.42 Å². The molecule has 0 bridgehead atoms. The molecule has 0 saturated heterocycles. The fraction of sp³-hybridized carbons (Fsp3) is 0.667. The molecule has 3 atom stereocenters. The van der Waals surface area contributed by atoms with E-state index in [0.29, 0.717) is 6.04 Å². The van der Waals surface area contributed by atoms with Crippen molar-refractivity contribution in [1.29, 1.82) is 0 Å². The van der Waals surface area contributed by atoms with Gasteiger partial charge >= 0.3 is 0 Å². The van der Waals surface area contributed by atoms with Gasteiger partial charge in [0.25, 0.3) is 0 Å². The first-order valence-corrected chi connectivity index (χ1v) is 7.01. The number of aryl methyl sites for hydroxylation is 1. The van der Waals surface area contributed by atoms with Gasteiger partial charge in [0, 0.05) is 17.0 Å². The number of halogens is 1. The lowest BCUT2D eigenvalue weighted by Crippen LogP contribution is -2.22. The molecule has 2 aliphatic carbocycles. The van der Waals surface area contributed by atoms with Crippen LogP contribution in [0.5, 0.6) is 0 Å². The van der Waals surface area contributed by atoms with Gasteiger partial charge in [0.1, 0.15) is 0 Å². The van der Waals surface area contributed by atoms with Crippen LogP contribution in [0.3, 0.4) is 0 Å². The molecule has 0 spiro atoms. The third-order valence-electron chi connectivity index (χ3n) is 3.71. The van der Waals surface area contributed by atoms with E-state index in [1.165, 1.54) is 36.1 Å². The second-order valence-corrected chi connectivity index (χ2v) is 6.47. The molecule has 1 saturated carbocycles. The van der Waals surface area contributed by atoms with Crippen molar-refractivity contribution in [3.05, 3.63) is 20.8 Å². The summed E-state index contributed by atoms with van der Waals surface area (Å²) in [6.07, 6.45) is 5.18. The molecule has 1 nitrogen and oxygen atoms in total. The molecule has 3 unspecified atom stereocenters. The molecule has 0 amide bonds. The number of hydrogen-bond acceptors (Lipinski definition) is 2. The summed E-state index contributed by atoms with van der Waals surface area (Å²) in [4.78, 5) is 1.51. The van der Waals surface area contributed by atoms with Crippen molar-refractivity contribution in [2.45, 2.75) is 44.7 Å². The zero-order valence-electron chi connectivity index (χ0n) is 8.92. The lowest BCUT2D eigenvalue weighted by molar-refractivity contribution is 0.504. The van der Waals surface area contributed by atoms with E-state index in [4.69, 9.17) is 11.6 Å². The molecular weight excluding hydrogens is 226 g/mol. The van der Waals surface area contributed by atoms with Crippen LogP contribution in [0, 0.1) is 5.92 Å². The zero-order valence-corrected chi connectivity index (χ0v) is 10.5. The van der Waals surface area contributed by atoms with Crippen molar-refractivity contribution in [1.82, 2.24) is 5.32 Å². The van der Waals surface area contributed by atoms with Gasteiger partial charge in [0.15, 0.2) is 0 Å². The Kier molecular flexibility index (Phi) is 2.54. The number of hydrogen-bond donors (Lipinski definition) is 1. The fourth-order valence-electron chi connectivity index (χ4n) is 2.66. The van der Waals surface area contributed by atoms with Crippen LogP contribution in [0.25, 0.3) is 0 Å². The highest BCUT2D eigenvalue weighted by Gasteiger charge is 2.38. The molecule has 3 rings (SSSR count). The smallest absolute Gasteiger partial charge is 0.0934 e. The molecule has 1 N–H and O–H groups in total. The van der Waals surface area contributed by atoms with Gasteiger partial charge in [-0.15, -0.1) is 11.3 Å². The highest BCUT2D eigenvalue weighted by atomic mass is 35.5. The van der Waals surface area contributed by atoms with Gasteiger partial charge in [-0.05, 0) is 36.8 Å². The molecule has 1 aromatic rings. The average Bonchev–Trinajstić information content (AvgIpc) is 2.73. The summed E-state index contributed by atoms with van der Waals surface area (Å²) < 4.78 is 0.953. The molecular formula is C12H16ClNS. The summed E-state index contributed by atoms with van der Waals surface area (Å²) in [6, 6.07) is 3.53. The topological polar surface area (TPSA) is 12.0 Å². The first-order valence-electron chi connectivity index (χ1n) is 5.82. The van der Waals surface area contributed by atoms with E-state index in [9.17, 15) is 0 Å². The fourth-order valence-corrected chi connectivity index (χ4v) is 4.02. The van der Waals surface area contributed by atoms with Gasteiger partial charge in [-0.2, -0.15) is 0 Å². The van der Waals surface area contributed by atoms with Gasteiger partial charge in [-0.1, -0.05) is 24.9 Å². The van der Waals surface area contributed by atoms with Crippen molar-refractivity contribution in [2.75, 3.05) is 0 Å². The molecule has 3 heteroatoms. The summed E-state index contributed by atoms with van der Waals surface area (Å²) in [7, 11) is 0. The van der Waals surface area contributed by atoms with Crippen molar-refractivity contribution in [3.8, 4) is 0 Å². The SMILES string of the molecule is CCC1CC1NC1CCc2sc(Cl)cc21. The summed E-state index contributed by atoms with van der Waals surface area (Å²) in [6.45, 7) is 2.29. The minimum Gasteiger partial charge on any atom is -0.307 e. The van der Waals surface area contributed by atoms with Crippen molar-refractivity contribution in [3.63, 3.8) is 0 Å². The Morgan fingerprint density at radius 3 is 3.20 bits per heavy atom. The Hall–Kier alpha value is -0.0500. The van der Waals surface area contributed by atoms with E-state index < -0.39 is 0 Å². The number of nitrogens with one attached hydrogen (secondary N) is 1. The third kappa shape index (κ3) is 1.83. The monoisotopic (exact) mass is 241 g/mol. The minimum absolute atomic E-state index is 0.588. The van der Waals surface area contributed by atoms with Crippen LogP contribution < -0.4 is 5.32 Å². The largest absolute Gasteiger partial charge is 0.307 e. The maximum Gasteiger partial charge on any atom is 0.0934 e. The van der Waals surface area contributed by atoms with Gasteiger partial charge in [-0.3, -0.25) is 0 Å². The summed E-state index contributed by atoms with van der Waals surface area (Å²) >= 11 is 7.80. The standard InChI is InChI=1S/C12H16ClNS/c1-2-7-5-10(7)14-9-3-4-11-8(9)6-12(13)15-11/h6-7,9-10,14H,2-5H2,1H3. The quantitative estimate of drug-likeness (QED) is 0.850. The highest BCUT2D eigenvalue weighted by Crippen LogP contribution is 2.42. The molecule has 2 aliphatic rings. The lowest BCUT2D eigenvalue weighted by atomic mass is 10.1. The van der Waals surface area contributed by atoms with Crippen molar-refractivity contribution < 1.29 is 0 Å². The van der Waals surface area contributed by atoms with E-state index in [1.54, 1.807) is 11.3 Å².